The van der Waals surface area contributed by atoms with Crippen molar-refractivity contribution in [2.75, 3.05) is 0 Å². The maximum absolute atomic E-state index is 11.9. The minimum atomic E-state index is -1.52. The zero-order valence-corrected chi connectivity index (χ0v) is 12.2. The molecule has 2 nitrogen and oxygen atoms in total. The third-order valence-electron chi connectivity index (χ3n) is 3.13. The Hall–Kier alpha value is -0.153. The van der Waals surface area contributed by atoms with Crippen molar-refractivity contribution in [1.82, 2.24) is 0 Å². The summed E-state index contributed by atoms with van der Waals surface area (Å²) in [6.45, 7) is 8.81. The van der Waals surface area contributed by atoms with Gasteiger partial charge in [0.15, 0.2) is 8.32 Å². The quantitative estimate of drug-likeness (QED) is 0.686. The van der Waals surface area contributed by atoms with Gasteiger partial charge in [0.1, 0.15) is 5.78 Å². The Morgan fingerprint density at radius 3 is 2.56 bits per heavy atom. The van der Waals surface area contributed by atoms with Gasteiger partial charge in [0, 0.05) is 12.3 Å². The molecule has 0 aliphatic heterocycles. The molecule has 0 bridgehead atoms. The minimum absolute atomic E-state index is 0.195. The lowest BCUT2D eigenvalue weighted by molar-refractivity contribution is -0.128. The van der Waals surface area contributed by atoms with Crippen molar-refractivity contribution in [2.45, 2.75) is 71.2 Å². The molecular weight excluding hydrogens is 216 g/mol. The number of carbonyl (C=O) groups excluding carboxylic acids is 1. The van der Waals surface area contributed by atoms with Crippen LogP contribution >= 0.6 is 0 Å². The Labute approximate surface area is 101 Å². The first-order valence-electron chi connectivity index (χ1n) is 6.64. The molecule has 0 aromatic heterocycles. The van der Waals surface area contributed by atoms with Crippen LogP contribution < -0.4 is 0 Å². The van der Waals surface area contributed by atoms with Crippen LogP contribution in [0.25, 0.3) is 0 Å². The van der Waals surface area contributed by atoms with Crippen LogP contribution in [0.15, 0.2) is 0 Å². The van der Waals surface area contributed by atoms with Gasteiger partial charge >= 0.3 is 0 Å². The van der Waals surface area contributed by atoms with Gasteiger partial charge in [-0.3, -0.25) is 4.79 Å². The van der Waals surface area contributed by atoms with E-state index in [1.807, 2.05) is 0 Å². The summed E-state index contributed by atoms with van der Waals surface area (Å²) in [5.41, 5.74) is 0. The normalized spacial score (nSPS) is 24.5. The number of hydrogen-bond acceptors (Lipinski definition) is 2. The molecule has 94 valence electrons. The first-order chi connectivity index (χ1) is 7.44. The fourth-order valence-corrected chi connectivity index (χ4v) is 3.67. The average Bonchev–Trinajstić information content (AvgIpc) is 2.16. The highest BCUT2D eigenvalue weighted by molar-refractivity contribution is 6.69. The molecule has 2 atom stereocenters. The Bertz CT molecular complexity index is 233. The average molecular weight is 242 g/mol. The second kappa shape index (κ2) is 5.96. The summed E-state index contributed by atoms with van der Waals surface area (Å²) in [4.78, 5) is 11.9. The van der Waals surface area contributed by atoms with E-state index in [4.69, 9.17) is 4.43 Å². The highest BCUT2D eigenvalue weighted by atomic mass is 28.4. The van der Waals surface area contributed by atoms with E-state index in [9.17, 15) is 4.79 Å². The summed E-state index contributed by atoms with van der Waals surface area (Å²) in [6, 6.07) is 0. The molecule has 0 aromatic carbocycles. The third kappa shape index (κ3) is 4.38. The molecule has 1 rings (SSSR count). The first-order valence-corrected chi connectivity index (χ1v) is 10.1. The van der Waals surface area contributed by atoms with E-state index < -0.39 is 8.32 Å². The van der Waals surface area contributed by atoms with Crippen LogP contribution in [-0.4, -0.2) is 20.2 Å². The van der Waals surface area contributed by atoms with Gasteiger partial charge in [0.2, 0.25) is 0 Å². The highest BCUT2D eigenvalue weighted by Gasteiger charge is 2.33. The molecular formula is C13H26O2Si. The highest BCUT2D eigenvalue weighted by Crippen LogP contribution is 2.29. The van der Waals surface area contributed by atoms with E-state index in [0.29, 0.717) is 5.78 Å². The van der Waals surface area contributed by atoms with Gasteiger partial charge in [-0.05, 0) is 38.9 Å². The van der Waals surface area contributed by atoms with E-state index in [0.717, 1.165) is 32.1 Å². The largest absolute Gasteiger partial charge is 0.414 e. The first kappa shape index (κ1) is 13.9. The van der Waals surface area contributed by atoms with Crippen LogP contribution in [0.1, 0.15) is 45.4 Å². The van der Waals surface area contributed by atoms with Gasteiger partial charge in [0.05, 0.1) is 6.10 Å². The second-order valence-electron chi connectivity index (χ2n) is 5.88. The maximum atomic E-state index is 11.9. The molecule has 3 heteroatoms. The number of hydrogen-bond donors (Lipinski definition) is 0. The summed E-state index contributed by atoms with van der Waals surface area (Å²) >= 11 is 0. The summed E-state index contributed by atoms with van der Waals surface area (Å²) in [6.07, 6.45) is 6.46. The van der Waals surface area contributed by atoms with Crippen molar-refractivity contribution in [3.8, 4) is 0 Å². The molecule has 0 radical (unpaired) electrons. The van der Waals surface area contributed by atoms with Gasteiger partial charge < -0.3 is 4.43 Å². The monoisotopic (exact) mass is 242 g/mol. The fraction of sp³-hybridized carbons (Fsp3) is 0.923. The smallest absolute Gasteiger partial charge is 0.184 e. The molecule has 1 saturated carbocycles. The molecule has 0 spiro atoms. The van der Waals surface area contributed by atoms with Crippen molar-refractivity contribution in [2.24, 2.45) is 5.92 Å². The lowest BCUT2D eigenvalue weighted by Crippen LogP contribution is -2.40. The van der Waals surface area contributed by atoms with Crippen molar-refractivity contribution in [1.29, 1.82) is 0 Å². The SMILES string of the molecule is CCCC(O[Si](C)(C)C)C1CCCCC1=O. The van der Waals surface area contributed by atoms with Gasteiger partial charge in [0.25, 0.3) is 0 Å². The topological polar surface area (TPSA) is 26.3 Å². The van der Waals surface area contributed by atoms with Crippen LogP contribution in [-0.2, 0) is 9.22 Å². The standard InChI is InChI=1S/C13H26O2Si/c1-5-8-13(15-16(2,3)4)11-9-6-7-10-12(11)14/h11,13H,5-10H2,1-4H3. The number of Topliss-reactive ketones (excluding diaryl/α,β-unsaturated/α-hetero) is 1. The maximum Gasteiger partial charge on any atom is 0.184 e. The summed E-state index contributed by atoms with van der Waals surface area (Å²) in [5.74, 6) is 0.642. The van der Waals surface area contributed by atoms with E-state index >= 15 is 0 Å². The van der Waals surface area contributed by atoms with Crippen molar-refractivity contribution in [3.05, 3.63) is 0 Å². The zero-order valence-electron chi connectivity index (χ0n) is 11.2. The lowest BCUT2D eigenvalue weighted by atomic mass is 9.83. The summed E-state index contributed by atoms with van der Waals surface area (Å²) < 4.78 is 6.21. The molecule has 0 saturated heterocycles. The van der Waals surface area contributed by atoms with Crippen LogP contribution in [0.3, 0.4) is 0 Å². The molecule has 0 heterocycles. The molecule has 0 amide bonds. The Kier molecular flexibility index (Phi) is 5.19. The Morgan fingerprint density at radius 2 is 2.06 bits per heavy atom. The molecule has 2 unspecified atom stereocenters. The van der Waals surface area contributed by atoms with Crippen LogP contribution in [0.2, 0.25) is 19.6 Å². The minimum Gasteiger partial charge on any atom is -0.414 e. The molecule has 16 heavy (non-hydrogen) atoms. The summed E-state index contributed by atoms with van der Waals surface area (Å²) in [5, 5.41) is 0. The van der Waals surface area contributed by atoms with Gasteiger partial charge in [-0.2, -0.15) is 0 Å². The van der Waals surface area contributed by atoms with Crippen LogP contribution in [0, 0.1) is 5.92 Å². The molecule has 0 aromatic rings. The van der Waals surface area contributed by atoms with Crippen molar-refractivity contribution < 1.29 is 9.22 Å². The molecule has 1 fully saturated rings. The Balaban J connectivity index is 2.63. The molecule has 0 N–H and O–H groups in total. The number of ketones is 1. The van der Waals surface area contributed by atoms with E-state index in [2.05, 4.69) is 26.6 Å². The number of rotatable bonds is 5. The fourth-order valence-electron chi connectivity index (χ4n) is 2.48. The van der Waals surface area contributed by atoms with E-state index in [1.54, 1.807) is 0 Å². The van der Waals surface area contributed by atoms with Crippen LogP contribution in [0.5, 0.6) is 0 Å². The summed E-state index contributed by atoms with van der Waals surface area (Å²) in [7, 11) is -1.52. The van der Waals surface area contributed by atoms with E-state index in [-0.39, 0.29) is 12.0 Å². The van der Waals surface area contributed by atoms with Crippen LogP contribution in [0.4, 0.5) is 0 Å². The lowest BCUT2D eigenvalue weighted by Gasteiger charge is -2.33. The molecule has 1 aliphatic carbocycles. The second-order valence-corrected chi connectivity index (χ2v) is 10.3. The van der Waals surface area contributed by atoms with Gasteiger partial charge in [-0.15, -0.1) is 0 Å². The predicted octanol–water partition coefficient (Wildman–Crippen LogP) is 3.77. The predicted molar refractivity (Wildman–Crippen MR) is 70.1 cm³/mol. The zero-order chi connectivity index (χ0) is 12.2. The van der Waals surface area contributed by atoms with Crippen molar-refractivity contribution >= 4 is 14.1 Å². The third-order valence-corrected chi connectivity index (χ3v) is 4.14. The van der Waals surface area contributed by atoms with E-state index in [1.165, 1.54) is 6.42 Å². The van der Waals surface area contributed by atoms with Gasteiger partial charge in [-0.1, -0.05) is 19.8 Å². The van der Waals surface area contributed by atoms with Gasteiger partial charge in [-0.25, -0.2) is 0 Å². The van der Waals surface area contributed by atoms with Crippen molar-refractivity contribution in [3.63, 3.8) is 0 Å². The number of carbonyl (C=O) groups is 1. The molecule has 1 aliphatic rings. The Morgan fingerprint density at radius 1 is 1.38 bits per heavy atom.